The van der Waals surface area contributed by atoms with Crippen LogP contribution in [0.1, 0.15) is 10.4 Å². The van der Waals surface area contributed by atoms with Gasteiger partial charge in [0.2, 0.25) is 0 Å². The molecule has 86 valence electrons. The molecule has 0 aliphatic rings. The van der Waals surface area contributed by atoms with Crippen LogP contribution in [0.3, 0.4) is 0 Å². The van der Waals surface area contributed by atoms with E-state index < -0.39 is 24.5 Å². The maximum Gasteiger partial charge on any atom is 0.334 e. The molecule has 0 aliphatic carbocycles. The summed E-state index contributed by atoms with van der Waals surface area (Å²) >= 11 is 0. The van der Waals surface area contributed by atoms with Crippen molar-refractivity contribution in [3.63, 3.8) is 0 Å². The van der Waals surface area contributed by atoms with E-state index >= 15 is 0 Å². The summed E-state index contributed by atoms with van der Waals surface area (Å²) in [6, 6.07) is 5.83. The van der Waals surface area contributed by atoms with Crippen molar-refractivity contribution < 1.29 is 24.9 Å². The number of rotatable bonds is 4. The Kier molecular flexibility index (Phi) is 3.84. The van der Waals surface area contributed by atoms with E-state index in [0.717, 1.165) is 0 Å². The van der Waals surface area contributed by atoms with E-state index in [1.165, 1.54) is 12.1 Å². The average Bonchev–Trinajstić information content (AvgIpc) is 2.25. The lowest BCUT2D eigenvalue weighted by molar-refractivity contribution is -0.146. The summed E-state index contributed by atoms with van der Waals surface area (Å²) in [6.45, 7) is -0.414. The number of phenols is 1. The Morgan fingerprint density at radius 3 is 2.50 bits per heavy atom. The van der Waals surface area contributed by atoms with Gasteiger partial charge >= 0.3 is 5.97 Å². The van der Waals surface area contributed by atoms with Crippen LogP contribution in [-0.4, -0.2) is 39.8 Å². The quantitative estimate of drug-likeness (QED) is 0.556. The molecule has 0 spiro atoms. The second-order valence-electron chi connectivity index (χ2n) is 3.08. The summed E-state index contributed by atoms with van der Waals surface area (Å²) < 4.78 is 0. The van der Waals surface area contributed by atoms with E-state index in [2.05, 4.69) is 5.32 Å². The molecule has 6 heteroatoms. The fourth-order valence-corrected chi connectivity index (χ4v) is 1.04. The maximum atomic E-state index is 11.4. The minimum absolute atomic E-state index is 0.0279. The van der Waals surface area contributed by atoms with Gasteiger partial charge in [0.1, 0.15) is 5.75 Å². The van der Waals surface area contributed by atoms with Crippen LogP contribution in [0.2, 0.25) is 0 Å². The molecule has 0 bridgehead atoms. The molecule has 0 aliphatic heterocycles. The molecule has 0 fully saturated rings. The van der Waals surface area contributed by atoms with Gasteiger partial charge in [-0.2, -0.15) is 0 Å². The van der Waals surface area contributed by atoms with Crippen molar-refractivity contribution >= 4 is 11.9 Å². The van der Waals surface area contributed by atoms with Gasteiger partial charge in [0.15, 0.2) is 6.10 Å². The summed E-state index contributed by atoms with van der Waals surface area (Å²) in [7, 11) is 0. The Bertz CT molecular complexity index is 404. The second-order valence-corrected chi connectivity index (χ2v) is 3.08. The minimum Gasteiger partial charge on any atom is -0.507 e. The van der Waals surface area contributed by atoms with Gasteiger partial charge in [0.05, 0.1) is 12.1 Å². The monoisotopic (exact) mass is 225 g/mol. The molecule has 4 N–H and O–H groups in total. The van der Waals surface area contributed by atoms with E-state index in [1.54, 1.807) is 12.1 Å². The van der Waals surface area contributed by atoms with Gasteiger partial charge in [-0.3, -0.25) is 4.79 Å². The number of hydrogen-bond acceptors (Lipinski definition) is 4. The molecule has 0 saturated carbocycles. The van der Waals surface area contributed by atoms with Gasteiger partial charge in [-0.15, -0.1) is 0 Å². The largest absolute Gasteiger partial charge is 0.507 e. The average molecular weight is 225 g/mol. The van der Waals surface area contributed by atoms with E-state index in [9.17, 15) is 14.7 Å². The zero-order valence-corrected chi connectivity index (χ0v) is 8.25. The predicted octanol–water partition coefficient (Wildman–Crippen LogP) is -0.433. The molecule has 0 radical (unpaired) electrons. The van der Waals surface area contributed by atoms with E-state index in [1.807, 2.05) is 0 Å². The molecule has 6 nitrogen and oxygen atoms in total. The number of amides is 1. The normalized spacial score (nSPS) is 11.8. The highest BCUT2D eigenvalue weighted by Gasteiger charge is 2.16. The summed E-state index contributed by atoms with van der Waals surface area (Å²) in [5.74, 6) is -2.26. The number of carboxylic acid groups (broad SMARTS) is 1. The van der Waals surface area contributed by atoms with Gasteiger partial charge in [0, 0.05) is 0 Å². The number of aliphatic carboxylic acids is 1. The Morgan fingerprint density at radius 2 is 1.94 bits per heavy atom. The Morgan fingerprint density at radius 1 is 1.31 bits per heavy atom. The number of nitrogens with one attached hydrogen (secondary N) is 1. The first-order valence-electron chi connectivity index (χ1n) is 4.49. The van der Waals surface area contributed by atoms with Crippen LogP contribution in [-0.2, 0) is 4.79 Å². The fourth-order valence-electron chi connectivity index (χ4n) is 1.04. The zero-order valence-electron chi connectivity index (χ0n) is 8.25. The third-order valence-electron chi connectivity index (χ3n) is 1.89. The van der Waals surface area contributed by atoms with Gasteiger partial charge in [-0.1, -0.05) is 12.1 Å². The van der Waals surface area contributed by atoms with Crippen LogP contribution in [0.5, 0.6) is 5.75 Å². The number of aromatic hydroxyl groups is 1. The highest BCUT2D eigenvalue weighted by molar-refractivity contribution is 5.96. The Hall–Kier alpha value is -2.08. The molecule has 1 atom stereocenters. The smallest absolute Gasteiger partial charge is 0.334 e. The van der Waals surface area contributed by atoms with Crippen molar-refractivity contribution in [3.8, 4) is 5.75 Å². The van der Waals surface area contributed by atoms with E-state index in [-0.39, 0.29) is 11.3 Å². The van der Waals surface area contributed by atoms with Gasteiger partial charge in [0.25, 0.3) is 5.91 Å². The van der Waals surface area contributed by atoms with Crippen molar-refractivity contribution in [1.82, 2.24) is 5.32 Å². The molecule has 16 heavy (non-hydrogen) atoms. The van der Waals surface area contributed by atoms with E-state index in [0.29, 0.717) is 0 Å². The van der Waals surface area contributed by atoms with Crippen molar-refractivity contribution in [3.05, 3.63) is 29.8 Å². The summed E-state index contributed by atoms with van der Waals surface area (Å²) in [6.07, 6.45) is -1.66. The standard InChI is InChI=1S/C10H11NO5/c12-7-4-2-1-3-6(7)9(14)11-5-8(13)10(15)16/h1-4,8,12-13H,5H2,(H,11,14)(H,15,16). The van der Waals surface area contributed by atoms with Gasteiger partial charge in [-0.05, 0) is 12.1 Å². The van der Waals surface area contributed by atoms with Gasteiger partial charge in [-0.25, -0.2) is 4.79 Å². The second kappa shape index (κ2) is 5.13. The van der Waals surface area contributed by atoms with Crippen molar-refractivity contribution in [2.45, 2.75) is 6.10 Å². The van der Waals surface area contributed by atoms with Crippen LogP contribution in [0.25, 0.3) is 0 Å². The number of para-hydroxylation sites is 1. The lowest BCUT2D eigenvalue weighted by atomic mass is 10.2. The number of benzene rings is 1. The number of carbonyl (C=O) groups is 2. The maximum absolute atomic E-state index is 11.4. The lowest BCUT2D eigenvalue weighted by Crippen LogP contribution is -2.36. The molecule has 1 amide bonds. The van der Waals surface area contributed by atoms with Crippen molar-refractivity contribution in [2.75, 3.05) is 6.54 Å². The molecular formula is C10H11NO5. The first-order chi connectivity index (χ1) is 7.52. The van der Waals surface area contributed by atoms with Crippen LogP contribution in [0, 0.1) is 0 Å². The zero-order chi connectivity index (χ0) is 12.1. The molecule has 1 unspecified atom stereocenters. The Balaban J connectivity index is 2.60. The minimum atomic E-state index is -1.66. The number of carboxylic acids is 1. The van der Waals surface area contributed by atoms with E-state index in [4.69, 9.17) is 10.2 Å². The molecular weight excluding hydrogens is 214 g/mol. The number of aliphatic hydroxyl groups is 1. The third-order valence-corrected chi connectivity index (χ3v) is 1.89. The fraction of sp³-hybridized carbons (Fsp3) is 0.200. The lowest BCUT2D eigenvalue weighted by Gasteiger charge is -2.08. The van der Waals surface area contributed by atoms with Gasteiger partial charge < -0.3 is 20.6 Å². The third kappa shape index (κ3) is 2.96. The number of carbonyl (C=O) groups excluding carboxylic acids is 1. The predicted molar refractivity (Wildman–Crippen MR) is 54.1 cm³/mol. The molecule has 1 rings (SSSR count). The molecule has 0 heterocycles. The molecule has 0 aromatic heterocycles. The van der Waals surface area contributed by atoms with Crippen LogP contribution >= 0.6 is 0 Å². The van der Waals surface area contributed by atoms with Crippen molar-refractivity contribution in [1.29, 1.82) is 0 Å². The Labute approximate surface area is 91.1 Å². The number of phenolic OH excluding ortho intramolecular Hbond substituents is 1. The highest BCUT2D eigenvalue weighted by atomic mass is 16.4. The summed E-state index contributed by atoms with van der Waals surface area (Å²) in [4.78, 5) is 21.7. The number of hydrogen-bond donors (Lipinski definition) is 4. The van der Waals surface area contributed by atoms with Crippen LogP contribution < -0.4 is 5.32 Å². The van der Waals surface area contributed by atoms with Crippen LogP contribution in [0.4, 0.5) is 0 Å². The van der Waals surface area contributed by atoms with Crippen LogP contribution in [0.15, 0.2) is 24.3 Å². The SMILES string of the molecule is O=C(NCC(O)C(=O)O)c1ccccc1O. The first-order valence-corrected chi connectivity index (χ1v) is 4.49. The molecule has 1 aromatic rings. The summed E-state index contributed by atoms with van der Waals surface area (Å²) in [5, 5.41) is 28.8. The molecule has 0 saturated heterocycles. The highest BCUT2D eigenvalue weighted by Crippen LogP contribution is 2.14. The number of aliphatic hydroxyl groups excluding tert-OH is 1. The topological polar surface area (TPSA) is 107 Å². The summed E-state index contributed by atoms with van der Waals surface area (Å²) in [5.41, 5.74) is 0.0279. The molecule has 1 aromatic carbocycles. The van der Waals surface area contributed by atoms with Crippen molar-refractivity contribution in [2.24, 2.45) is 0 Å². The first kappa shape index (κ1) is 12.0.